The van der Waals surface area contributed by atoms with Crippen molar-refractivity contribution in [2.45, 2.75) is 273 Å². The molecule has 17 saturated carbocycles. The van der Waals surface area contributed by atoms with Crippen molar-refractivity contribution in [3.8, 4) is 0 Å². The van der Waals surface area contributed by atoms with Crippen LogP contribution in [0, 0.1) is 130 Å². The fraction of sp³-hybridized carbons (Fsp3) is 1.00. The summed E-state index contributed by atoms with van der Waals surface area (Å²) in [6, 6.07) is 0. The molecule has 0 nitrogen and oxygen atoms in total. The second-order valence-electron chi connectivity index (χ2n) is 29.5. The van der Waals surface area contributed by atoms with Crippen LogP contribution >= 0.6 is 0 Å². The van der Waals surface area contributed by atoms with Crippen LogP contribution in [0.15, 0.2) is 0 Å². The summed E-state index contributed by atoms with van der Waals surface area (Å²) in [6.45, 7) is 17.1. The summed E-state index contributed by atoms with van der Waals surface area (Å²) >= 11 is 0. The van der Waals surface area contributed by atoms with Crippen molar-refractivity contribution in [1.82, 2.24) is 0 Å². The van der Waals surface area contributed by atoms with Crippen LogP contribution in [-0.2, 0) is 0 Å². The fourth-order valence-corrected chi connectivity index (χ4v) is 20.9. The normalized spacial score (nSPS) is 51.9. The lowest BCUT2D eigenvalue weighted by Gasteiger charge is -2.46. The Balaban J connectivity index is 0.0000000949. The molecule has 368 valence electrons. The third-order valence-electron chi connectivity index (χ3n) is 24.0. The highest BCUT2D eigenvalue weighted by atomic mass is 14.5. The molecule has 17 rings (SSSR count). The highest BCUT2D eigenvalue weighted by molar-refractivity contribution is 4.97. The largest absolute Gasteiger partial charge is 0.0625 e. The molecule has 0 heterocycles. The van der Waals surface area contributed by atoms with Gasteiger partial charge in [0.1, 0.15) is 0 Å². The second kappa shape index (κ2) is 22.4. The number of fused-ring (bicyclic) bond motifs is 15. The maximum atomic E-state index is 2.56. The maximum Gasteiger partial charge on any atom is -0.0318 e. The van der Waals surface area contributed by atoms with E-state index in [1.165, 1.54) is 38.5 Å². The van der Waals surface area contributed by atoms with Crippen LogP contribution in [0.1, 0.15) is 273 Å². The van der Waals surface area contributed by atoms with E-state index in [1.54, 1.807) is 186 Å². The van der Waals surface area contributed by atoms with Gasteiger partial charge in [-0.3, -0.25) is 0 Å². The Kier molecular flexibility index (Phi) is 17.1. The van der Waals surface area contributed by atoms with E-state index in [2.05, 4.69) is 48.5 Å². The molecule has 0 aromatic rings. The van der Waals surface area contributed by atoms with Gasteiger partial charge in [-0.2, -0.15) is 0 Å². The molecule has 0 amide bonds. The highest BCUT2D eigenvalue weighted by Gasteiger charge is 2.46. The van der Waals surface area contributed by atoms with E-state index in [1.807, 2.05) is 0 Å². The second-order valence-corrected chi connectivity index (χ2v) is 29.5. The summed E-state index contributed by atoms with van der Waals surface area (Å²) < 4.78 is 0. The zero-order chi connectivity index (χ0) is 44.4. The summed E-state index contributed by atoms with van der Waals surface area (Å²) in [6.07, 6.45) is 54.4. The Bertz CT molecular complexity index is 1270. The van der Waals surface area contributed by atoms with Gasteiger partial charge in [0.05, 0.1) is 0 Å². The lowest BCUT2D eigenvalue weighted by atomic mass is 9.59. The van der Waals surface area contributed by atoms with E-state index in [9.17, 15) is 0 Å². The molecule has 64 heavy (non-hydrogen) atoms. The van der Waals surface area contributed by atoms with Crippen molar-refractivity contribution in [3.63, 3.8) is 0 Å². The Morgan fingerprint density at radius 1 is 0.250 bits per heavy atom. The molecular formula is C64H112. The number of hydrogen-bond acceptors (Lipinski definition) is 0. The van der Waals surface area contributed by atoms with Crippen LogP contribution in [-0.4, -0.2) is 0 Å². The molecule has 0 saturated heterocycles. The predicted octanol–water partition coefficient (Wildman–Crippen LogP) is 19.8. The van der Waals surface area contributed by atoms with Gasteiger partial charge >= 0.3 is 0 Å². The summed E-state index contributed by atoms with van der Waals surface area (Å²) in [4.78, 5) is 0. The quantitative estimate of drug-likeness (QED) is 0.227. The third kappa shape index (κ3) is 13.0. The van der Waals surface area contributed by atoms with Crippen LogP contribution in [0.4, 0.5) is 0 Å². The van der Waals surface area contributed by atoms with E-state index in [0.717, 1.165) is 130 Å². The molecule has 16 bridgehead atoms. The predicted molar refractivity (Wildman–Crippen MR) is 277 cm³/mol. The zero-order valence-electron chi connectivity index (χ0n) is 44.4. The lowest BCUT2D eigenvalue weighted by molar-refractivity contribution is 0.0509. The summed E-state index contributed by atoms with van der Waals surface area (Å²) in [7, 11) is 0. The van der Waals surface area contributed by atoms with E-state index in [4.69, 9.17) is 0 Å². The van der Waals surface area contributed by atoms with Crippen molar-refractivity contribution in [3.05, 3.63) is 0 Å². The van der Waals surface area contributed by atoms with Crippen molar-refractivity contribution in [1.29, 1.82) is 0 Å². The van der Waals surface area contributed by atoms with Crippen molar-refractivity contribution in [2.24, 2.45) is 130 Å². The number of rotatable bonds is 0. The molecule has 0 heteroatoms. The van der Waals surface area contributed by atoms with Crippen molar-refractivity contribution >= 4 is 0 Å². The molecule has 17 aliphatic rings. The first-order valence-electron chi connectivity index (χ1n) is 30.9. The van der Waals surface area contributed by atoms with Gasteiger partial charge in [-0.05, 0) is 277 Å². The van der Waals surface area contributed by atoms with Gasteiger partial charge < -0.3 is 0 Å². The van der Waals surface area contributed by atoms with E-state index in [0.29, 0.717) is 0 Å². The Hall–Kier alpha value is 0. The molecule has 0 aromatic carbocycles. The van der Waals surface area contributed by atoms with Crippen LogP contribution in [0.25, 0.3) is 0 Å². The van der Waals surface area contributed by atoms with Crippen molar-refractivity contribution < 1.29 is 0 Å². The summed E-state index contributed by atoms with van der Waals surface area (Å²) in [5.41, 5.74) is 0.785. The minimum Gasteiger partial charge on any atom is -0.0625 e. The van der Waals surface area contributed by atoms with Gasteiger partial charge in [0.15, 0.2) is 0 Å². The van der Waals surface area contributed by atoms with Crippen molar-refractivity contribution in [2.75, 3.05) is 0 Å². The van der Waals surface area contributed by atoms with Gasteiger partial charge in [0.2, 0.25) is 0 Å². The highest BCUT2D eigenvalue weighted by Crippen LogP contribution is 2.57. The van der Waals surface area contributed by atoms with E-state index >= 15 is 0 Å². The molecule has 17 fully saturated rings. The number of hydrogen-bond donors (Lipinski definition) is 0. The van der Waals surface area contributed by atoms with Crippen LogP contribution in [0.3, 0.4) is 0 Å². The first-order valence-corrected chi connectivity index (χ1v) is 30.9. The maximum absolute atomic E-state index is 2.56. The van der Waals surface area contributed by atoms with Gasteiger partial charge in [0, 0.05) is 0 Å². The third-order valence-corrected chi connectivity index (χ3v) is 24.0. The van der Waals surface area contributed by atoms with E-state index in [-0.39, 0.29) is 0 Å². The zero-order valence-corrected chi connectivity index (χ0v) is 44.4. The molecular weight excluding hydrogens is 769 g/mol. The molecule has 0 N–H and O–H groups in total. The topological polar surface area (TPSA) is 0 Å². The Labute approximate surface area is 401 Å². The van der Waals surface area contributed by atoms with E-state index < -0.39 is 0 Å². The first kappa shape index (κ1) is 49.0. The molecule has 17 aliphatic carbocycles. The Morgan fingerprint density at radius 2 is 0.578 bits per heavy atom. The average Bonchev–Trinajstić information content (AvgIpc) is 4.17. The minimum absolute atomic E-state index is 0.785. The lowest BCUT2D eigenvalue weighted by Crippen LogP contribution is -2.35. The molecule has 0 aliphatic heterocycles. The molecule has 15 unspecified atom stereocenters. The van der Waals surface area contributed by atoms with Crippen LogP contribution in [0.5, 0.6) is 0 Å². The average molecular weight is 882 g/mol. The summed E-state index contributed by atoms with van der Waals surface area (Å²) in [5.74, 6) is 23.4. The molecule has 0 spiro atoms. The van der Waals surface area contributed by atoms with Crippen LogP contribution < -0.4 is 0 Å². The molecule has 0 aromatic heterocycles. The first-order chi connectivity index (χ1) is 30.9. The van der Waals surface area contributed by atoms with Crippen LogP contribution in [0.2, 0.25) is 0 Å². The summed E-state index contributed by atoms with van der Waals surface area (Å²) in [5, 5.41) is 0. The smallest absolute Gasteiger partial charge is 0.0318 e. The molecule has 0 radical (unpaired) electrons. The fourth-order valence-electron chi connectivity index (χ4n) is 20.9. The Morgan fingerprint density at radius 3 is 0.922 bits per heavy atom. The SMILES string of the molecule is CC12CC3CCC(CC(C3)C1)C2.CC1C2CCC1CC2.CC1CC2CCC(C1)C2.CC1CC2CCC(C1)C2.CC1CC2CCC1C2.CC1CC2CCC1C2.CC1CC2CCCC1CC2. The van der Waals surface area contributed by atoms with Gasteiger partial charge in [-0.1, -0.05) is 126 Å². The minimum atomic E-state index is 0.785. The molecule has 15 atom stereocenters. The van der Waals surface area contributed by atoms with Gasteiger partial charge in [0.25, 0.3) is 0 Å². The standard InChI is InChI=1S/C12H20.C10H18.2C9H16.3C8H14/c1-12-6-9-2-3-10(7-12)5-11(4-9)8-12;1-8-7-9-3-2-4-10(8)6-5-9;2*1-7-4-8-2-3-9(5-7)6-8;2*1-6-4-7-2-3-8(6)5-7;1-6-7-2-3-8(6)5-4-7/h9-11H,2-8H2,1H3;8-10H,2-7H2,1H3;2*7-9H,2-6H2,1H3;3*6-8H,2-5H2,1H3. The van der Waals surface area contributed by atoms with Gasteiger partial charge in [-0.25, -0.2) is 0 Å². The van der Waals surface area contributed by atoms with Gasteiger partial charge in [-0.15, -0.1) is 0 Å². The monoisotopic (exact) mass is 881 g/mol.